The highest BCUT2D eigenvalue weighted by molar-refractivity contribution is 6.01. The van der Waals surface area contributed by atoms with Crippen LogP contribution in [0.25, 0.3) is 0 Å². The Morgan fingerprint density at radius 2 is 2.20 bits per heavy atom. The highest BCUT2D eigenvalue weighted by Crippen LogP contribution is 2.23. The van der Waals surface area contributed by atoms with Crippen molar-refractivity contribution in [3.63, 3.8) is 0 Å². The number of amides is 1. The van der Waals surface area contributed by atoms with Gasteiger partial charge in [-0.05, 0) is 19.1 Å². The summed E-state index contributed by atoms with van der Waals surface area (Å²) in [6.45, 7) is 4.85. The van der Waals surface area contributed by atoms with Crippen LogP contribution >= 0.6 is 0 Å². The smallest absolute Gasteiger partial charge is 0.248 e. The maximum atomic E-state index is 11.8. The normalized spacial score (nSPS) is 15.9. The zero-order valence-corrected chi connectivity index (χ0v) is 11.6. The zero-order valence-electron chi connectivity index (χ0n) is 11.6. The van der Waals surface area contributed by atoms with Gasteiger partial charge in [0, 0.05) is 25.4 Å². The number of aromatic nitrogens is 1. The molecule has 1 aliphatic heterocycles. The maximum absolute atomic E-state index is 11.8. The van der Waals surface area contributed by atoms with Crippen LogP contribution in [-0.4, -0.2) is 37.2 Å². The van der Waals surface area contributed by atoms with Crippen molar-refractivity contribution >= 4 is 17.4 Å². The molecule has 5 nitrogen and oxygen atoms in total. The van der Waals surface area contributed by atoms with Gasteiger partial charge in [-0.25, -0.2) is 4.98 Å². The van der Waals surface area contributed by atoms with E-state index in [4.69, 9.17) is 4.74 Å². The summed E-state index contributed by atoms with van der Waals surface area (Å²) in [6, 6.07) is 3.68. The number of carbonyl (C=O) groups excluding carboxylic acids is 1. The van der Waals surface area contributed by atoms with Crippen molar-refractivity contribution in [2.75, 3.05) is 36.5 Å². The summed E-state index contributed by atoms with van der Waals surface area (Å²) in [6.07, 6.45) is 8.62. The fraction of sp³-hybridized carbons (Fsp3) is 0.333. The number of pyridine rings is 1. The van der Waals surface area contributed by atoms with Gasteiger partial charge >= 0.3 is 0 Å². The molecule has 1 aromatic rings. The number of anilines is 2. The van der Waals surface area contributed by atoms with Gasteiger partial charge in [-0.15, -0.1) is 0 Å². The second-order valence-corrected chi connectivity index (χ2v) is 4.35. The van der Waals surface area contributed by atoms with Crippen LogP contribution in [0.3, 0.4) is 0 Å². The summed E-state index contributed by atoms with van der Waals surface area (Å²) in [4.78, 5) is 18.3. The number of hydrogen-bond acceptors (Lipinski definition) is 4. The lowest BCUT2D eigenvalue weighted by atomic mass is 10.3. The number of allylic oxidation sites excluding steroid dienone is 3. The third-order valence-corrected chi connectivity index (χ3v) is 2.91. The molecule has 0 atom stereocenters. The van der Waals surface area contributed by atoms with Crippen molar-refractivity contribution in [2.45, 2.75) is 6.92 Å². The first-order valence-corrected chi connectivity index (χ1v) is 6.69. The van der Waals surface area contributed by atoms with E-state index >= 15 is 0 Å². The van der Waals surface area contributed by atoms with E-state index in [1.54, 1.807) is 12.3 Å². The van der Waals surface area contributed by atoms with E-state index in [2.05, 4.69) is 15.2 Å². The van der Waals surface area contributed by atoms with E-state index in [1.165, 1.54) is 6.08 Å². The summed E-state index contributed by atoms with van der Waals surface area (Å²) in [7, 11) is 0. The highest BCUT2D eigenvalue weighted by atomic mass is 16.5. The van der Waals surface area contributed by atoms with Gasteiger partial charge in [0.25, 0.3) is 0 Å². The first-order valence-electron chi connectivity index (χ1n) is 6.69. The Hall–Kier alpha value is -2.14. The summed E-state index contributed by atoms with van der Waals surface area (Å²) >= 11 is 0. The molecule has 0 saturated carbocycles. The van der Waals surface area contributed by atoms with E-state index in [0.29, 0.717) is 13.2 Å². The predicted octanol–water partition coefficient (Wildman–Crippen LogP) is 1.99. The van der Waals surface area contributed by atoms with Crippen LogP contribution in [0.2, 0.25) is 0 Å². The number of carbonyl (C=O) groups is 1. The number of nitrogens with zero attached hydrogens (tertiary/aromatic N) is 2. The molecular formula is C15H19N3O2. The SMILES string of the molecule is C/C=C/C=C\C(=O)Nc1cccnc1N1CCOCC1. The van der Waals surface area contributed by atoms with Crippen molar-refractivity contribution in [1.82, 2.24) is 4.98 Å². The summed E-state index contributed by atoms with van der Waals surface area (Å²) in [5.41, 5.74) is 0.726. The average molecular weight is 273 g/mol. The molecule has 0 bridgehead atoms. The topological polar surface area (TPSA) is 54.5 Å². The van der Waals surface area contributed by atoms with Gasteiger partial charge < -0.3 is 15.0 Å². The first-order chi connectivity index (χ1) is 9.81. The number of nitrogens with one attached hydrogen (secondary N) is 1. The van der Waals surface area contributed by atoms with Gasteiger partial charge in [-0.2, -0.15) is 0 Å². The van der Waals surface area contributed by atoms with E-state index < -0.39 is 0 Å². The van der Waals surface area contributed by atoms with Crippen molar-refractivity contribution in [1.29, 1.82) is 0 Å². The Morgan fingerprint density at radius 1 is 1.40 bits per heavy atom. The van der Waals surface area contributed by atoms with Crippen molar-refractivity contribution < 1.29 is 9.53 Å². The monoisotopic (exact) mass is 273 g/mol. The second kappa shape index (κ2) is 7.45. The largest absolute Gasteiger partial charge is 0.378 e. The fourth-order valence-corrected chi connectivity index (χ4v) is 1.95. The molecule has 0 unspecified atom stereocenters. The van der Waals surface area contributed by atoms with Crippen LogP contribution in [0.5, 0.6) is 0 Å². The third-order valence-electron chi connectivity index (χ3n) is 2.91. The van der Waals surface area contributed by atoms with Crippen molar-refractivity contribution in [2.24, 2.45) is 0 Å². The van der Waals surface area contributed by atoms with Crippen LogP contribution in [-0.2, 0) is 9.53 Å². The first kappa shape index (κ1) is 14.3. The summed E-state index contributed by atoms with van der Waals surface area (Å²) < 4.78 is 5.33. The molecular weight excluding hydrogens is 254 g/mol. The van der Waals surface area contributed by atoms with Crippen LogP contribution in [0.1, 0.15) is 6.92 Å². The second-order valence-electron chi connectivity index (χ2n) is 4.35. The average Bonchev–Trinajstić information content (AvgIpc) is 2.49. The number of ether oxygens (including phenoxy) is 1. The Labute approximate surface area is 119 Å². The summed E-state index contributed by atoms with van der Waals surface area (Å²) in [5.74, 6) is 0.634. The molecule has 106 valence electrons. The van der Waals surface area contributed by atoms with Gasteiger partial charge in [-0.3, -0.25) is 4.79 Å². The molecule has 1 saturated heterocycles. The Kier molecular flexibility index (Phi) is 5.32. The standard InChI is InChI=1S/C15H19N3O2/c1-2-3-4-7-14(19)17-13-6-5-8-16-15(13)18-9-11-20-12-10-18/h2-8H,9-12H2,1H3,(H,17,19)/b3-2+,7-4-. The predicted molar refractivity (Wildman–Crippen MR) is 79.9 cm³/mol. The molecule has 20 heavy (non-hydrogen) atoms. The van der Waals surface area contributed by atoms with E-state index in [1.807, 2.05) is 31.2 Å². The molecule has 1 fully saturated rings. The highest BCUT2D eigenvalue weighted by Gasteiger charge is 2.16. The minimum atomic E-state index is -0.161. The van der Waals surface area contributed by atoms with Crippen LogP contribution < -0.4 is 10.2 Å². The minimum Gasteiger partial charge on any atom is -0.378 e. The molecule has 2 heterocycles. The van der Waals surface area contributed by atoms with Crippen LogP contribution in [0, 0.1) is 0 Å². The molecule has 1 aliphatic rings. The molecule has 0 spiro atoms. The maximum Gasteiger partial charge on any atom is 0.248 e. The van der Waals surface area contributed by atoms with Gasteiger partial charge in [-0.1, -0.05) is 18.2 Å². The lowest BCUT2D eigenvalue weighted by Crippen LogP contribution is -2.37. The van der Waals surface area contributed by atoms with Crippen molar-refractivity contribution in [3.8, 4) is 0 Å². The van der Waals surface area contributed by atoms with Gasteiger partial charge in [0.05, 0.1) is 18.9 Å². The van der Waals surface area contributed by atoms with Gasteiger partial charge in [0.15, 0.2) is 5.82 Å². The molecule has 0 aliphatic carbocycles. The minimum absolute atomic E-state index is 0.161. The van der Waals surface area contributed by atoms with Gasteiger partial charge in [0.2, 0.25) is 5.91 Å². The molecule has 1 amide bonds. The lowest BCUT2D eigenvalue weighted by molar-refractivity contribution is -0.111. The van der Waals surface area contributed by atoms with Gasteiger partial charge in [0.1, 0.15) is 0 Å². The van der Waals surface area contributed by atoms with E-state index in [0.717, 1.165) is 24.6 Å². The van der Waals surface area contributed by atoms with Crippen molar-refractivity contribution in [3.05, 3.63) is 42.6 Å². The molecule has 0 radical (unpaired) electrons. The third kappa shape index (κ3) is 3.93. The molecule has 5 heteroatoms. The number of morpholine rings is 1. The van der Waals surface area contributed by atoms with Crippen LogP contribution in [0.4, 0.5) is 11.5 Å². The number of hydrogen-bond donors (Lipinski definition) is 1. The van der Waals surface area contributed by atoms with Crippen LogP contribution in [0.15, 0.2) is 42.6 Å². The molecule has 2 rings (SSSR count). The molecule has 1 N–H and O–H groups in total. The quantitative estimate of drug-likeness (QED) is 0.673. The number of rotatable bonds is 4. The molecule has 0 aromatic carbocycles. The van der Waals surface area contributed by atoms with E-state index in [-0.39, 0.29) is 5.91 Å². The Balaban J connectivity index is 2.09. The Bertz CT molecular complexity index is 506. The molecule has 1 aromatic heterocycles. The Morgan fingerprint density at radius 3 is 2.95 bits per heavy atom. The lowest BCUT2D eigenvalue weighted by Gasteiger charge is -2.29. The fourth-order valence-electron chi connectivity index (χ4n) is 1.95. The summed E-state index contributed by atoms with van der Waals surface area (Å²) in [5, 5.41) is 2.86. The zero-order chi connectivity index (χ0) is 14.2. The van der Waals surface area contributed by atoms with E-state index in [9.17, 15) is 4.79 Å².